The summed E-state index contributed by atoms with van der Waals surface area (Å²) in [4.78, 5) is 12.1. The van der Waals surface area contributed by atoms with E-state index in [2.05, 4.69) is 4.98 Å². The molecule has 1 N–H and O–H groups in total. The van der Waals surface area contributed by atoms with Crippen molar-refractivity contribution in [1.29, 1.82) is 0 Å². The summed E-state index contributed by atoms with van der Waals surface area (Å²) < 4.78 is 0. The topological polar surface area (TPSA) is 77.5 Å². The smallest absolute Gasteiger partial charge is 0.670 e. The Labute approximate surface area is 72.7 Å². The second-order valence-electron chi connectivity index (χ2n) is 1.07. The number of hydrogen-bond donors (Lipinski definition) is 1. The Bertz CT molecular complexity index is 132. The molecule has 0 saturated carbocycles. The Morgan fingerprint density at radius 3 is 1.80 bits per heavy atom. The fraction of sp³-hybridized carbons (Fsp3) is 0. The molecule has 0 fully saturated rings. The Kier molecular flexibility index (Phi) is 9.82. The van der Waals surface area contributed by atoms with Gasteiger partial charge in [0.05, 0.1) is 0 Å². The number of aromatic nitrogens is 1. The van der Waals surface area contributed by atoms with E-state index in [1.54, 1.807) is 12.4 Å². The summed E-state index contributed by atoms with van der Waals surface area (Å²) in [5.74, 6) is 0. The van der Waals surface area contributed by atoms with E-state index in [0.29, 0.717) is 0 Å². The second-order valence-corrected chi connectivity index (χ2v) is 1.07. The molecule has 6 heteroatoms. The molecule has 0 atom stereocenters. The summed E-state index contributed by atoms with van der Waals surface area (Å²) in [6.45, 7) is 0. The van der Waals surface area contributed by atoms with Gasteiger partial charge < -0.3 is 10.2 Å². The van der Waals surface area contributed by atoms with Crippen LogP contribution in [0.3, 0.4) is 0 Å². The van der Waals surface area contributed by atoms with E-state index in [1.807, 2.05) is 12.1 Å². The van der Waals surface area contributed by atoms with E-state index in [1.165, 1.54) is 0 Å². The van der Waals surface area contributed by atoms with Crippen LogP contribution in [0.5, 0.6) is 0 Å². The van der Waals surface area contributed by atoms with Crippen LogP contribution in [0, 0.1) is 10.1 Å². The SMILES string of the molecule is O=[N+]([O-])O.[Ag+].c1cc[n-]c1. The van der Waals surface area contributed by atoms with Gasteiger partial charge in [0.15, 0.2) is 0 Å². The summed E-state index contributed by atoms with van der Waals surface area (Å²) >= 11 is 0. The third-order valence-electron chi connectivity index (χ3n) is 0.455. The predicted molar refractivity (Wildman–Crippen MR) is 28.5 cm³/mol. The van der Waals surface area contributed by atoms with E-state index in [0.717, 1.165) is 0 Å². The van der Waals surface area contributed by atoms with Crippen LogP contribution in [0.1, 0.15) is 0 Å². The van der Waals surface area contributed by atoms with Crippen LogP contribution < -0.4 is 4.98 Å². The Hall–Kier alpha value is -0.780. The molecule has 60 valence electrons. The largest absolute Gasteiger partial charge is 1.00 e. The summed E-state index contributed by atoms with van der Waals surface area (Å²) in [7, 11) is 0. The van der Waals surface area contributed by atoms with Crippen LogP contribution >= 0.6 is 0 Å². The second kappa shape index (κ2) is 8.22. The van der Waals surface area contributed by atoms with Crippen LogP contribution in [-0.2, 0) is 22.4 Å². The molecule has 0 aliphatic rings. The van der Waals surface area contributed by atoms with Crippen LogP contribution in [-0.4, -0.2) is 10.3 Å². The maximum Gasteiger partial charge on any atom is 1.00 e. The zero-order valence-corrected chi connectivity index (χ0v) is 6.25. The van der Waals surface area contributed by atoms with Crippen molar-refractivity contribution in [2.45, 2.75) is 0 Å². The molecule has 0 radical (unpaired) electrons. The molecule has 0 saturated heterocycles. The van der Waals surface area contributed by atoms with Crippen LogP contribution in [0.4, 0.5) is 0 Å². The van der Waals surface area contributed by atoms with E-state index in [4.69, 9.17) is 15.3 Å². The summed E-state index contributed by atoms with van der Waals surface area (Å²) in [5.41, 5.74) is 0. The van der Waals surface area contributed by atoms with E-state index in [-0.39, 0.29) is 22.4 Å². The summed E-state index contributed by atoms with van der Waals surface area (Å²) in [6, 6.07) is 3.78. The average Bonchev–Trinajstić information content (AvgIpc) is 2.11. The fourth-order valence-corrected chi connectivity index (χ4v) is 0.248. The van der Waals surface area contributed by atoms with Gasteiger partial charge in [-0.2, -0.15) is 12.4 Å². The van der Waals surface area contributed by atoms with Gasteiger partial charge in [0.1, 0.15) is 0 Å². The van der Waals surface area contributed by atoms with Crippen molar-refractivity contribution in [3.8, 4) is 0 Å². The van der Waals surface area contributed by atoms with Crippen molar-refractivity contribution < 1.29 is 32.7 Å². The Morgan fingerprint density at radius 1 is 1.40 bits per heavy atom. The van der Waals surface area contributed by atoms with Gasteiger partial charge >= 0.3 is 22.4 Å². The molecule has 0 aromatic carbocycles. The van der Waals surface area contributed by atoms with Crippen LogP contribution in [0.25, 0.3) is 0 Å². The first kappa shape index (κ1) is 12.0. The first-order valence-electron chi connectivity index (χ1n) is 2.08. The van der Waals surface area contributed by atoms with Gasteiger partial charge in [-0.3, -0.25) is 0 Å². The van der Waals surface area contributed by atoms with Crippen molar-refractivity contribution in [2.75, 3.05) is 0 Å². The first-order valence-corrected chi connectivity index (χ1v) is 2.08. The molecule has 1 heterocycles. The van der Waals surface area contributed by atoms with Gasteiger partial charge in [0.2, 0.25) is 0 Å². The molecule has 0 spiro atoms. The Balaban J connectivity index is 0. The molecular formula is C4H5AgN2O3. The van der Waals surface area contributed by atoms with Gasteiger partial charge in [-0.05, 0) is 0 Å². The van der Waals surface area contributed by atoms with Crippen LogP contribution in [0.2, 0.25) is 0 Å². The molecule has 0 unspecified atom stereocenters. The predicted octanol–water partition coefficient (Wildman–Crippen LogP) is 0.294. The quantitative estimate of drug-likeness (QED) is 0.399. The minimum atomic E-state index is -1.50. The molecule has 10 heavy (non-hydrogen) atoms. The molecule has 0 bridgehead atoms. The van der Waals surface area contributed by atoms with Crippen molar-refractivity contribution in [2.24, 2.45) is 0 Å². The maximum atomic E-state index is 8.36. The number of nitrogens with zero attached hydrogens (tertiary/aromatic N) is 2. The van der Waals surface area contributed by atoms with Crippen molar-refractivity contribution >= 4 is 0 Å². The third kappa shape index (κ3) is 15.7. The fourth-order valence-electron chi connectivity index (χ4n) is 0.248. The van der Waals surface area contributed by atoms with Gasteiger partial charge in [-0.25, -0.2) is 0 Å². The minimum absolute atomic E-state index is 0. The maximum absolute atomic E-state index is 8.36. The van der Waals surface area contributed by atoms with E-state index >= 15 is 0 Å². The zero-order valence-electron chi connectivity index (χ0n) is 4.77. The normalized spacial score (nSPS) is 6.40. The molecule has 1 aromatic heterocycles. The monoisotopic (exact) mass is 236 g/mol. The standard InChI is InChI=1S/C4H4N.Ag.HNO3/c1-2-4-5-3-1;;2-1(3)4/h1-4H;;(H,2,3,4)/q-1;+1;. The molecule has 0 aliphatic carbocycles. The molecule has 0 aliphatic heterocycles. The van der Waals surface area contributed by atoms with Crippen molar-refractivity contribution in [1.82, 2.24) is 4.98 Å². The zero-order chi connectivity index (χ0) is 7.11. The summed E-state index contributed by atoms with van der Waals surface area (Å²) in [6.07, 6.45) is 3.50. The first-order chi connectivity index (χ1) is 4.23. The van der Waals surface area contributed by atoms with Gasteiger partial charge in [0, 0.05) is 0 Å². The third-order valence-corrected chi connectivity index (χ3v) is 0.455. The summed E-state index contributed by atoms with van der Waals surface area (Å²) in [5, 5.41) is 13.6. The molecule has 0 amide bonds. The Morgan fingerprint density at radius 2 is 1.70 bits per heavy atom. The van der Waals surface area contributed by atoms with Gasteiger partial charge in [-0.15, -0.1) is 10.1 Å². The average molecular weight is 237 g/mol. The molecule has 1 aromatic rings. The minimum Gasteiger partial charge on any atom is -0.670 e. The number of hydrogen-bond acceptors (Lipinski definition) is 2. The molecule has 1 rings (SSSR count). The molecular weight excluding hydrogens is 232 g/mol. The van der Waals surface area contributed by atoms with E-state index in [9.17, 15) is 0 Å². The van der Waals surface area contributed by atoms with Gasteiger partial charge in [-0.1, -0.05) is 12.1 Å². The van der Waals surface area contributed by atoms with Crippen molar-refractivity contribution in [3.05, 3.63) is 34.6 Å². The van der Waals surface area contributed by atoms with Crippen molar-refractivity contribution in [3.63, 3.8) is 0 Å². The number of rotatable bonds is 0. The van der Waals surface area contributed by atoms with Gasteiger partial charge in [0.25, 0.3) is 5.09 Å². The van der Waals surface area contributed by atoms with Crippen LogP contribution in [0.15, 0.2) is 24.5 Å². The molecule has 5 nitrogen and oxygen atoms in total. The van der Waals surface area contributed by atoms with E-state index < -0.39 is 5.09 Å².